The lowest BCUT2D eigenvalue weighted by molar-refractivity contribution is -0.154. The Morgan fingerprint density at radius 3 is 2.06 bits per heavy atom. The quantitative estimate of drug-likeness (QED) is 0.408. The van der Waals surface area contributed by atoms with E-state index in [4.69, 9.17) is 16.3 Å². The number of anilines is 1. The van der Waals surface area contributed by atoms with E-state index >= 15 is 0 Å². The van der Waals surface area contributed by atoms with Gasteiger partial charge in [0.15, 0.2) is 17.1 Å². The second-order valence-corrected chi connectivity index (χ2v) is 9.28. The molecule has 1 spiro atoms. The molecule has 3 aromatic rings. The molecule has 0 radical (unpaired) electrons. The lowest BCUT2D eigenvalue weighted by Gasteiger charge is -2.40. The Morgan fingerprint density at radius 1 is 0.824 bits per heavy atom. The maximum Gasteiger partial charge on any atom is 0.320 e. The molecule has 0 aromatic heterocycles. The number of benzene rings is 3. The minimum absolute atomic E-state index is 0.232. The number of Topliss-reactive ketones (excluding diaryl/α,β-unsaturated/α-hetero) is 2. The van der Waals surface area contributed by atoms with Crippen LogP contribution in [0.4, 0.5) is 5.69 Å². The van der Waals surface area contributed by atoms with E-state index in [2.05, 4.69) is 0 Å². The molecular formula is C27H18ClNO5. The molecule has 2 heterocycles. The summed E-state index contributed by atoms with van der Waals surface area (Å²) in [5.74, 6) is -4.92. The molecule has 0 amide bonds. The van der Waals surface area contributed by atoms with Crippen LogP contribution in [0.15, 0.2) is 72.8 Å². The summed E-state index contributed by atoms with van der Waals surface area (Å²) in [5.41, 5.74) is 0.503. The monoisotopic (exact) mass is 471 g/mol. The first-order valence-corrected chi connectivity index (χ1v) is 11.3. The molecule has 1 aliphatic carbocycles. The smallest absolute Gasteiger partial charge is 0.320 e. The van der Waals surface area contributed by atoms with E-state index < -0.39 is 46.9 Å². The first kappa shape index (κ1) is 20.8. The molecule has 2 fully saturated rings. The first-order valence-electron chi connectivity index (χ1n) is 10.9. The summed E-state index contributed by atoms with van der Waals surface area (Å²) in [7, 11) is 0. The van der Waals surface area contributed by atoms with Crippen molar-refractivity contribution >= 4 is 40.8 Å². The number of hydrogen-bond acceptors (Lipinski definition) is 6. The van der Waals surface area contributed by atoms with Crippen LogP contribution in [0.1, 0.15) is 37.9 Å². The molecule has 6 rings (SSSR count). The Labute approximate surface area is 200 Å². The molecule has 3 unspecified atom stereocenters. The average molecular weight is 472 g/mol. The summed E-state index contributed by atoms with van der Waals surface area (Å²) in [6, 6.07) is 20.0. The van der Waals surface area contributed by atoms with Crippen molar-refractivity contribution in [3.05, 3.63) is 100 Å². The zero-order chi connectivity index (χ0) is 23.8. The van der Waals surface area contributed by atoms with Crippen LogP contribution in [0, 0.1) is 18.8 Å². The number of rotatable bonds is 2. The van der Waals surface area contributed by atoms with Gasteiger partial charge in [-0.15, -0.1) is 0 Å². The summed E-state index contributed by atoms with van der Waals surface area (Å²) < 4.78 is 5.05. The number of hydrogen-bond donors (Lipinski definition) is 0. The summed E-state index contributed by atoms with van der Waals surface area (Å²) in [6.07, 6.45) is 0. The number of halogens is 1. The van der Waals surface area contributed by atoms with E-state index in [9.17, 15) is 19.2 Å². The van der Waals surface area contributed by atoms with Gasteiger partial charge >= 0.3 is 11.9 Å². The lowest BCUT2D eigenvalue weighted by atomic mass is 9.76. The number of fused-ring (bicyclic) bond motifs is 3. The predicted octanol–water partition coefficient (Wildman–Crippen LogP) is 4.34. The molecule has 168 valence electrons. The molecule has 2 aliphatic heterocycles. The number of cyclic esters (lactones) is 2. The largest absolute Gasteiger partial charge is 0.393 e. The van der Waals surface area contributed by atoms with E-state index in [1.54, 1.807) is 47.4 Å². The SMILES string of the molecule is Cc1ccc(N2C(c3ccccc3)C3C(=O)OC(=O)C3C23C(=O)c2ccccc2C3=O)cc1Cl. The van der Waals surface area contributed by atoms with Gasteiger partial charge in [-0.3, -0.25) is 19.2 Å². The van der Waals surface area contributed by atoms with Crippen molar-refractivity contribution in [1.29, 1.82) is 0 Å². The number of ketones is 2. The Balaban J connectivity index is 1.70. The predicted molar refractivity (Wildman–Crippen MR) is 124 cm³/mol. The molecule has 6 nitrogen and oxygen atoms in total. The molecule has 34 heavy (non-hydrogen) atoms. The second kappa shape index (κ2) is 7.11. The summed E-state index contributed by atoms with van der Waals surface area (Å²) in [6.45, 7) is 1.85. The summed E-state index contributed by atoms with van der Waals surface area (Å²) >= 11 is 6.47. The molecule has 7 heteroatoms. The fourth-order valence-corrected chi connectivity index (χ4v) is 5.96. The van der Waals surface area contributed by atoms with E-state index in [-0.39, 0.29) is 11.1 Å². The van der Waals surface area contributed by atoms with Gasteiger partial charge in [0.25, 0.3) is 0 Å². The van der Waals surface area contributed by atoms with Crippen molar-refractivity contribution in [2.45, 2.75) is 18.5 Å². The molecule has 0 bridgehead atoms. The van der Waals surface area contributed by atoms with Crippen LogP contribution in [-0.4, -0.2) is 29.0 Å². The van der Waals surface area contributed by atoms with Crippen LogP contribution in [0.3, 0.4) is 0 Å². The third kappa shape index (κ3) is 2.46. The van der Waals surface area contributed by atoms with Crippen LogP contribution in [-0.2, 0) is 14.3 Å². The van der Waals surface area contributed by atoms with Gasteiger partial charge in [0.2, 0.25) is 0 Å². The third-order valence-corrected chi connectivity index (χ3v) is 7.63. The Morgan fingerprint density at radius 2 is 1.44 bits per heavy atom. The highest BCUT2D eigenvalue weighted by molar-refractivity contribution is 6.37. The molecule has 0 N–H and O–H groups in total. The molecule has 0 saturated carbocycles. The Bertz CT molecular complexity index is 1380. The van der Waals surface area contributed by atoms with Crippen LogP contribution in [0.2, 0.25) is 5.02 Å². The van der Waals surface area contributed by atoms with Gasteiger partial charge in [-0.2, -0.15) is 0 Å². The Hall–Kier alpha value is -3.77. The van der Waals surface area contributed by atoms with Gasteiger partial charge in [0.05, 0.1) is 12.0 Å². The highest BCUT2D eigenvalue weighted by Crippen LogP contribution is 2.60. The number of aryl methyl sites for hydroxylation is 1. The lowest BCUT2D eigenvalue weighted by Crippen LogP contribution is -2.59. The summed E-state index contributed by atoms with van der Waals surface area (Å²) in [5, 5.41) is 0.445. The van der Waals surface area contributed by atoms with Crippen molar-refractivity contribution in [2.24, 2.45) is 11.8 Å². The highest BCUT2D eigenvalue weighted by Gasteiger charge is 2.76. The topological polar surface area (TPSA) is 80.8 Å². The maximum atomic E-state index is 14.1. The summed E-state index contributed by atoms with van der Waals surface area (Å²) in [4.78, 5) is 56.1. The van der Waals surface area contributed by atoms with Crippen LogP contribution in [0.25, 0.3) is 0 Å². The van der Waals surface area contributed by atoms with Gasteiger partial charge in [-0.1, -0.05) is 72.3 Å². The van der Waals surface area contributed by atoms with Crippen molar-refractivity contribution in [3.8, 4) is 0 Å². The molecule has 3 aromatic carbocycles. The van der Waals surface area contributed by atoms with E-state index in [0.29, 0.717) is 16.3 Å². The van der Waals surface area contributed by atoms with Crippen LogP contribution in [0.5, 0.6) is 0 Å². The van der Waals surface area contributed by atoms with Crippen molar-refractivity contribution in [2.75, 3.05) is 4.90 Å². The van der Waals surface area contributed by atoms with Gasteiger partial charge in [-0.05, 0) is 30.2 Å². The zero-order valence-electron chi connectivity index (χ0n) is 18.0. The number of esters is 2. The number of ether oxygens (including phenoxy) is 1. The highest BCUT2D eigenvalue weighted by atomic mass is 35.5. The van der Waals surface area contributed by atoms with Gasteiger partial charge in [0.1, 0.15) is 5.92 Å². The number of carbonyl (C=O) groups is 4. The van der Waals surface area contributed by atoms with Crippen molar-refractivity contribution in [3.63, 3.8) is 0 Å². The van der Waals surface area contributed by atoms with Crippen LogP contribution >= 0.6 is 11.6 Å². The van der Waals surface area contributed by atoms with Crippen LogP contribution < -0.4 is 4.90 Å². The fourth-order valence-electron chi connectivity index (χ4n) is 5.78. The fraction of sp³-hybridized carbons (Fsp3) is 0.185. The van der Waals surface area contributed by atoms with Gasteiger partial charge < -0.3 is 9.64 Å². The Kier molecular flexibility index (Phi) is 4.35. The molecule has 3 aliphatic rings. The maximum absolute atomic E-state index is 14.1. The van der Waals surface area contributed by atoms with Crippen molar-refractivity contribution < 1.29 is 23.9 Å². The zero-order valence-corrected chi connectivity index (χ0v) is 18.8. The van der Waals surface area contributed by atoms with Crippen molar-refractivity contribution in [1.82, 2.24) is 0 Å². The molecular weight excluding hydrogens is 454 g/mol. The minimum Gasteiger partial charge on any atom is -0.393 e. The van der Waals surface area contributed by atoms with Gasteiger partial charge in [0, 0.05) is 21.8 Å². The third-order valence-electron chi connectivity index (χ3n) is 7.22. The minimum atomic E-state index is -1.95. The van der Waals surface area contributed by atoms with E-state index in [0.717, 1.165) is 5.56 Å². The van der Waals surface area contributed by atoms with E-state index in [1.165, 1.54) is 0 Å². The standard InChI is InChI=1S/C27H18ClNO5/c1-14-11-12-16(13-19(14)28)29-22(15-7-3-2-4-8-15)20-21(26(33)34-25(20)32)27(29)23(30)17-9-5-6-10-18(17)24(27)31/h2-13,20-22H,1H3. The normalized spacial score (nSPS) is 24.5. The molecule has 2 saturated heterocycles. The number of carbonyl (C=O) groups excluding carboxylic acids is 4. The van der Waals surface area contributed by atoms with E-state index in [1.807, 2.05) is 37.3 Å². The number of nitrogens with zero attached hydrogens (tertiary/aromatic N) is 1. The molecule has 3 atom stereocenters. The van der Waals surface area contributed by atoms with Gasteiger partial charge in [-0.25, -0.2) is 0 Å². The first-order chi connectivity index (χ1) is 16.4. The second-order valence-electron chi connectivity index (χ2n) is 8.87. The average Bonchev–Trinajstić information content (AvgIpc) is 3.40.